The predicted molar refractivity (Wildman–Crippen MR) is 85.8 cm³/mol. The molecule has 0 fully saturated rings. The molecule has 0 aliphatic rings. The van der Waals surface area contributed by atoms with Gasteiger partial charge in [-0.15, -0.1) is 11.3 Å². The minimum absolute atomic E-state index is 0.907. The molecule has 0 aliphatic heterocycles. The van der Waals surface area contributed by atoms with Crippen molar-refractivity contribution in [2.75, 3.05) is 11.9 Å². The van der Waals surface area contributed by atoms with Gasteiger partial charge in [-0.1, -0.05) is 13.8 Å². The summed E-state index contributed by atoms with van der Waals surface area (Å²) in [7, 11) is 0. The van der Waals surface area contributed by atoms with E-state index in [-0.39, 0.29) is 0 Å². The summed E-state index contributed by atoms with van der Waals surface area (Å²) in [5.41, 5.74) is 1.06. The first-order chi connectivity index (χ1) is 9.71. The predicted octanol–water partition coefficient (Wildman–Crippen LogP) is 4.17. The normalized spacial score (nSPS) is 10.8. The fraction of sp³-hybridized carbons (Fsp3) is 0.500. The molecule has 2 aromatic heterocycles. The second kappa shape index (κ2) is 7.59. The quantitative estimate of drug-likeness (QED) is 0.778. The lowest BCUT2D eigenvalue weighted by Crippen LogP contribution is -2.05. The average molecular weight is 308 g/mol. The zero-order valence-electron chi connectivity index (χ0n) is 12.1. The number of anilines is 1. The van der Waals surface area contributed by atoms with Crippen molar-refractivity contribution in [1.29, 1.82) is 0 Å². The van der Waals surface area contributed by atoms with Gasteiger partial charge >= 0.3 is 0 Å². The Morgan fingerprint density at radius 2 is 2.05 bits per heavy atom. The molecule has 0 atom stereocenters. The number of hydrogen-bond acceptors (Lipinski definition) is 6. The van der Waals surface area contributed by atoms with Crippen molar-refractivity contribution in [3.63, 3.8) is 0 Å². The largest absolute Gasteiger partial charge is 0.370 e. The number of aryl methyl sites for hydroxylation is 2. The van der Waals surface area contributed by atoms with Crippen LogP contribution >= 0.6 is 23.1 Å². The van der Waals surface area contributed by atoms with Gasteiger partial charge in [0.15, 0.2) is 4.34 Å². The van der Waals surface area contributed by atoms with Crippen molar-refractivity contribution in [2.24, 2.45) is 0 Å². The summed E-state index contributed by atoms with van der Waals surface area (Å²) < 4.78 is 1.03. The van der Waals surface area contributed by atoms with Crippen molar-refractivity contribution < 1.29 is 0 Å². The molecule has 0 amide bonds. The third kappa shape index (κ3) is 4.45. The third-order valence-corrected chi connectivity index (χ3v) is 4.54. The summed E-state index contributed by atoms with van der Waals surface area (Å²) in [6.07, 6.45) is 3.05. The topological polar surface area (TPSA) is 50.7 Å². The van der Waals surface area contributed by atoms with Crippen LogP contribution in [0.2, 0.25) is 0 Å². The van der Waals surface area contributed by atoms with Crippen LogP contribution in [0.5, 0.6) is 0 Å². The highest BCUT2D eigenvalue weighted by Gasteiger charge is 2.08. The summed E-state index contributed by atoms with van der Waals surface area (Å²) in [5.74, 6) is 1.82. The van der Waals surface area contributed by atoms with Gasteiger partial charge in [-0.2, -0.15) is 0 Å². The molecule has 0 unspecified atom stereocenters. The van der Waals surface area contributed by atoms with Crippen LogP contribution in [0.3, 0.4) is 0 Å². The zero-order valence-corrected chi connectivity index (χ0v) is 13.8. The lowest BCUT2D eigenvalue weighted by Gasteiger charge is -2.08. The first kappa shape index (κ1) is 15.3. The van der Waals surface area contributed by atoms with E-state index in [0.29, 0.717) is 0 Å². The van der Waals surface area contributed by atoms with Crippen LogP contribution in [0.25, 0.3) is 0 Å². The van der Waals surface area contributed by atoms with Crippen LogP contribution in [0, 0.1) is 6.92 Å². The van der Waals surface area contributed by atoms with Crippen molar-refractivity contribution in [3.05, 3.63) is 23.0 Å². The fourth-order valence-electron chi connectivity index (χ4n) is 1.67. The summed E-state index contributed by atoms with van der Waals surface area (Å²) in [5, 5.41) is 6.37. The van der Waals surface area contributed by atoms with Crippen molar-refractivity contribution in [1.82, 2.24) is 15.0 Å². The van der Waals surface area contributed by atoms with E-state index >= 15 is 0 Å². The fourth-order valence-corrected chi connectivity index (χ4v) is 3.48. The molecule has 20 heavy (non-hydrogen) atoms. The molecule has 2 rings (SSSR count). The van der Waals surface area contributed by atoms with E-state index in [9.17, 15) is 0 Å². The lowest BCUT2D eigenvalue weighted by atomic mass is 10.3. The van der Waals surface area contributed by atoms with E-state index < -0.39 is 0 Å². The molecule has 0 saturated carbocycles. The number of nitrogens with zero attached hydrogens (tertiary/aromatic N) is 3. The Bertz CT molecular complexity index is 554. The van der Waals surface area contributed by atoms with E-state index in [0.717, 1.165) is 52.5 Å². The van der Waals surface area contributed by atoms with Gasteiger partial charge < -0.3 is 5.32 Å². The van der Waals surface area contributed by atoms with E-state index in [1.807, 2.05) is 13.0 Å². The molecular weight excluding hydrogens is 288 g/mol. The average Bonchev–Trinajstić information content (AvgIpc) is 2.82. The van der Waals surface area contributed by atoms with Crippen LogP contribution in [0.1, 0.15) is 38.2 Å². The maximum absolute atomic E-state index is 4.61. The van der Waals surface area contributed by atoms with E-state index in [2.05, 4.69) is 39.5 Å². The van der Waals surface area contributed by atoms with E-state index in [4.69, 9.17) is 0 Å². The molecule has 0 saturated heterocycles. The van der Waals surface area contributed by atoms with Gasteiger partial charge in [0.2, 0.25) is 0 Å². The Morgan fingerprint density at radius 3 is 2.70 bits per heavy atom. The van der Waals surface area contributed by atoms with E-state index in [1.165, 1.54) is 0 Å². The van der Waals surface area contributed by atoms with Crippen molar-refractivity contribution in [3.8, 4) is 0 Å². The van der Waals surface area contributed by atoms with Crippen LogP contribution in [-0.4, -0.2) is 21.5 Å². The molecule has 0 aromatic carbocycles. The van der Waals surface area contributed by atoms with Gasteiger partial charge in [-0.3, -0.25) is 0 Å². The molecule has 0 aliphatic carbocycles. The van der Waals surface area contributed by atoms with Gasteiger partial charge in [0.05, 0.1) is 0 Å². The maximum Gasteiger partial charge on any atom is 0.156 e. The first-order valence-corrected chi connectivity index (χ1v) is 8.62. The highest BCUT2D eigenvalue weighted by Crippen LogP contribution is 2.30. The number of hydrogen-bond donors (Lipinski definition) is 1. The number of aromatic nitrogens is 3. The van der Waals surface area contributed by atoms with Crippen LogP contribution in [-0.2, 0) is 6.42 Å². The SMILES string of the molecule is CCCNc1cc(Sc2nc(C)cs2)nc(CCC)n1. The zero-order chi connectivity index (χ0) is 14.4. The Morgan fingerprint density at radius 1 is 1.20 bits per heavy atom. The molecule has 108 valence electrons. The van der Waals surface area contributed by atoms with Crippen LogP contribution in [0.15, 0.2) is 20.8 Å². The smallest absolute Gasteiger partial charge is 0.156 e. The number of thiazole rings is 1. The minimum atomic E-state index is 0.907. The van der Waals surface area contributed by atoms with Gasteiger partial charge in [0, 0.05) is 30.1 Å². The molecular formula is C14H20N4S2. The Labute approximate surface area is 128 Å². The monoisotopic (exact) mass is 308 g/mol. The Balaban J connectivity index is 2.18. The second-order valence-corrected chi connectivity index (χ2v) is 6.67. The molecule has 6 heteroatoms. The van der Waals surface area contributed by atoms with Gasteiger partial charge in [-0.25, -0.2) is 15.0 Å². The van der Waals surface area contributed by atoms with Crippen molar-refractivity contribution in [2.45, 2.75) is 49.4 Å². The molecule has 1 N–H and O–H groups in total. The molecule has 0 radical (unpaired) electrons. The highest BCUT2D eigenvalue weighted by molar-refractivity contribution is 8.01. The first-order valence-electron chi connectivity index (χ1n) is 6.93. The van der Waals surface area contributed by atoms with E-state index in [1.54, 1.807) is 23.1 Å². The molecule has 0 spiro atoms. The summed E-state index contributed by atoms with van der Waals surface area (Å²) in [4.78, 5) is 13.6. The van der Waals surface area contributed by atoms with Gasteiger partial charge in [0.25, 0.3) is 0 Å². The molecule has 2 aromatic rings. The number of nitrogens with one attached hydrogen (secondary N) is 1. The molecule has 0 bridgehead atoms. The molecule has 2 heterocycles. The molecule has 4 nitrogen and oxygen atoms in total. The highest BCUT2D eigenvalue weighted by atomic mass is 32.2. The van der Waals surface area contributed by atoms with Crippen molar-refractivity contribution >= 4 is 28.9 Å². The van der Waals surface area contributed by atoms with Gasteiger partial charge in [-0.05, 0) is 31.5 Å². The number of rotatable bonds is 7. The standard InChI is InChI=1S/C14H20N4S2/c1-4-6-11-17-12(15-7-5-2)8-13(18-11)20-14-16-10(3)9-19-14/h8-9H,4-7H2,1-3H3,(H,15,17,18). The Hall–Kier alpha value is -1.14. The summed E-state index contributed by atoms with van der Waals surface area (Å²) in [6, 6.07) is 2.01. The Kier molecular flexibility index (Phi) is 5.79. The summed E-state index contributed by atoms with van der Waals surface area (Å²) >= 11 is 3.27. The maximum atomic E-state index is 4.61. The summed E-state index contributed by atoms with van der Waals surface area (Å²) in [6.45, 7) is 7.24. The lowest BCUT2D eigenvalue weighted by molar-refractivity contribution is 0.807. The second-order valence-electron chi connectivity index (χ2n) is 4.54. The van der Waals surface area contributed by atoms with Crippen LogP contribution in [0.4, 0.5) is 5.82 Å². The third-order valence-electron chi connectivity index (χ3n) is 2.57. The minimum Gasteiger partial charge on any atom is -0.370 e. The van der Waals surface area contributed by atoms with Gasteiger partial charge in [0.1, 0.15) is 16.7 Å². The van der Waals surface area contributed by atoms with Crippen LogP contribution < -0.4 is 5.32 Å².